The summed E-state index contributed by atoms with van der Waals surface area (Å²) in [5, 5.41) is 18.8. The fraction of sp³-hybridized carbons (Fsp3) is 0.545. The lowest BCUT2D eigenvalue weighted by Gasteiger charge is -2.13. The Hall–Kier alpha value is -1.77. The summed E-state index contributed by atoms with van der Waals surface area (Å²) in [5.41, 5.74) is 1.19. The van der Waals surface area contributed by atoms with E-state index < -0.39 is 18.4 Å². The van der Waals surface area contributed by atoms with Gasteiger partial charge in [0.15, 0.2) is 5.65 Å². The predicted molar refractivity (Wildman–Crippen MR) is 63.5 cm³/mol. The number of hydrogen-bond donors (Lipinski definition) is 2. The van der Waals surface area contributed by atoms with E-state index in [0.717, 1.165) is 0 Å². The van der Waals surface area contributed by atoms with Crippen molar-refractivity contribution >= 4 is 11.2 Å². The lowest BCUT2D eigenvalue weighted by molar-refractivity contribution is -0.0432. The molecule has 0 aliphatic carbocycles. The van der Waals surface area contributed by atoms with Crippen molar-refractivity contribution in [1.82, 2.24) is 19.5 Å². The molecule has 1 saturated heterocycles. The van der Waals surface area contributed by atoms with Crippen LogP contribution in [0.25, 0.3) is 11.2 Å². The number of aromatic nitrogens is 4. The normalized spacial score (nSPS) is 27.0. The first-order valence-corrected chi connectivity index (χ1v) is 5.91. The lowest BCUT2D eigenvalue weighted by Crippen LogP contribution is -2.24. The van der Waals surface area contributed by atoms with E-state index in [2.05, 4.69) is 15.0 Å². The number of hydrogen-bond acceptors (Lipinski definition) is 7. The molecule has 0 unspecified atom stereocenters. The van der Waals surface area contributed by atoms with Gasteiger partial charge in [-0.15, -0.1) is 0 Å². The first-order chi connectivity index (χ1) is 9.22. The molecule has 0 bridgehead atoms. The zero-order chi connectivity index (χ0) is 13.4. The minimum Gasteiger partial charge on any atom is -0.467 e. The molecule has 2 aromatic heterocycles. The van der Waals surface area contributed by atoms with Gasteiger partial charge in [0.2, 0.25) is 0 Å². The molecular formula is C11H14N4O4. The number of methoxy groups -OCH3 is 1. The van der Waals surface area contributed by atoms with Gasteiger partial charge in [0.05, 0.1) is 32.3 Å². The minimum atomic E-state index is -0.698. The second kappa shape index (κ2) is 4.72. The smallest absolute Gasteiger partial charge is 0.318 e. The molecular weight excluding hydrogens is 252 g/mol. The third-order valence-corrected chi connectivity index (χ3v) is 3.17. The summed E-state index contributed by atoms with van der Waals surface area (Å²) in [7, 11) is 1.49. The van der Waals surface area contributed by atoms with Gasteiger partial charge < -0.3 is 19.7 Å². The van der Waals surface area contributed by atoms with Gasteiger partial charge in [0, 0.05) is 6.42 Å². The van der Waals surface area contributed by atoms with E-state index >= 15 is 0 Å². The first-order valence-electron chi connectivity index (χ1n) is 5.91. The van der Waals surface area contributed by atoms with E-state index in [1.807, 2.05) is 0 Å². The highest BCUT2D eigenvalue weighted by Gasteiger charge is 2.35. The Morgan fingerprint density at radius 3 is 3.05 bits per heavy atom. The maximum atomic E-state index is 9.75. The fourth-order valence-electron chi connectivity index (χ4n) is 2.17. The molecule has 0 radical (unpaired) electrons. The van der Waals surface area contributed by atoms with Crippen molar-refractivity contribution in [2.24, 2.45) is 0 Å². The molecule has 19 heavy (non-hydrogen) atoms. The van der Waals surface area contributed by atoms with Gasteiger partial charge in [-0.05, 0) is 0 Å². The van der Waals surface area contributed by atoms with E-state index in [9.17, 15) is 5.11 Å². The standard InChI is InChI=1S/C11H14N4O4/c1-18-11-12-3-6-10(14-11)15(5-13-6)9-2-7(17)8(4-16)19-9/h3,5,7-9,16-17H,2,4H2,1H3/t7-,8+,9-/m1/s1. The third-order valence-electron chi connectivity index (χ3n) is 3.17. The number of fused-ring (bicyclic) bond motifs is 1. The van der Waals surface area contributed by atoms with Crippen molar-refractivity contribution in [2.75, 3.05) is 13.7 Å². The molecule has 0 spiro atoms. The second-order valence-corrected chi connectivity index (χ2v) is 4.33. The Morgan fingerprint density at radius 1 is 1.53 bits per heavy atom. The van der Waals surface area contributed by atoms with E-state index in [-0.39, 0.29) is 12.6 Å². The van der Waals surface area contributed by atoms with Gasteiger partial charge >= 0.3 is 6.01 Å². The van der Waals surface area contributed by atoms with Crippen molar-refractivity contribution in [3.63, 3.8) is 0 Å². The molecule has 3 atom stereocenters. The highest BCUT2D eigenvalue weighted by atomic mass is 16.5. The number of aliphatic hydroxyl groups excluding tert-OH is 2. The summed E-state index contributed by atoms with van der Waals surface area (Å²) >= 11 is 0. The van der Waals surface area contributed by atoms with Crippen LogP contribution in [0.2, 0.25) is 0 Å². The molecule has 102 valence electrons. The topological polar surface area (TPSA) is 103 Å². The number of nitrogens with zero attached hydrogens (tertiary/aromatic N) is 4. The quantitative estimate of drug-likeness (QED) is 0.770. The molecule has 1 aliphatic heterocycles. The van der Waals surface area contributed by atoms with Crippen LogP contribution in [-0.4, -0.2) is 55.7 Å². The van der Waals surface area contributed by atoms with Crippen LogP contribution in [0, 0.1) is 0 Å². The zero-order valence-corrected chi connectivity index (χ0v) is 10.3. The van der Waals surface area contributed by atoms with E-state index in [1.165, 1.54) is 7.11 Å². The Balaban J connectivity index is 1.97. The Bertz CT molecular complexity index is 587. The van der Waals surface area contributed by atoms with Gasteiger partial charge in [0.1, 0.15) is 17.8 Å². The summed E-state index contributed by atoms with van der Waals surface area (Å²) in [5.74, 6) is 0. The van der Waals surface area contributed by atoms with Crippen LogP contribution >= 0.6 is 0 Å². The highest BCUT2D eigenvalue weighted by molar-refractivity contribution is 5.69. The van der Waals surface area contributed by atoms with Crippen LogP contribution in [0.3, 0.4) is 0 Å². The molecule has 1 fully saturated rings. The predicted octanol–water partition coefficient (Wildman–Crippen LogP) is -0.524. The van der Waals surface area contributed by atoms with Gasteiger partial charge in [-0.3, -0.25) is 4.57 Å². The number of rotatable bonds is 3. The van der Waals surface area contributed by atoms with E-state index in [1.54, 1.807) is 17.1 Å². The van der Waals surface area contributed by atoms with Crippen molar-refractivity contribution in [3.05, 3.63) is 12.5 Å². The number of imidazole rings is 1. The van der Waals surface area contributed by atoms with Gasteiger partial charge in [-0.1, -0.05) is 0 Å². The zero-order valence-electron chi connectivity index (χ0n) is 10.3. The van der Waals surface area contributed by atoms with E-state index in [0.29, 0.717) is 17.6 Å². The fourth-order valence-corrected chi connectivity index (χ4v) is 2.17. The summed E-state index contributed by atoms with van der Waals surface area (Å²) in [6.45, 7) is -0.220. The van der Waals surface area contributed by atoms with Gasteiger partial charge in [0.25, 0.3) is 0 Å². The number of ether oxygens (including phenoxy) is 2. The molecule has 0 saturated carbocycles. The van der Waals surface area contributed by atoms with Gasteiger partial charge in [-0.25, -0.2) is 9.97 Å². The molecule has 8 heteroatoms. The number of aliphatic hydroxyl groups is 2. The summed E-state index contributed by atoms with van der Waals surface area (Å²) in [6, 6.07) is 0.242. The summed E-state index contributed by atoms with van der Waals surface area (Å²) < 4.78 is 12.3. The van der Waals surface area contributed by atoms with Crippen LogP contribution in [0.4, 0.5) is 0 Å². The van der Waals surface area contributed by atoms with Crippen LogP contribution < -0.4 is 4.74 Å². The maximum absolute atomic E-state index is 9.75. The SMILES string of the molecule is COc1ncc2ncn([C@H]3C[C@@H](O)[C@H](CO)O3)c2n1. The Kier molecular flexibility index (Phi) is 3.05. The minimum absolute atomic E-state index is 0.220. The van der Waals surface area contributed by atoms with Crippen molar-refractivity contribution in [2.45, 2.75) is 24.9 Å². The molecule has 2 aromatic rings. The monoisotopic (exact) mass is 266 g/mol. The first kappa shape index (κ1) is 12.3. The molecule has 3 heterocycles. The molecule has 1 aliphatic rings. The molecule has 0 aromatic carbocycles. The van der Waals surface area contributed by atoms with Crippen LogP contribution in [0.5, 0.6) is 6.01 Å². The average molecular weight is 266 g/mol. The van der Waals surface area contributed by atoms with Crippen LogP contribution in [-0.2, 0) is 4.74 Å². The highest BCUT2D eigenvalue weighted by Crippen LogP contribution is 2.30. The molecule has 0 amide bonds. The molecule has 3 rings (SSSR count). The molecule has 2 N–H and O–H groups in total. The van der Waals surface area contributed by atoms with Gasteiger partial charge in [-0.2, -0.15) is 4.98 Å². The van der Waals surface area contributed by atoms with Crippen LogP contribution in [0.1, 0.15) is 12.6 Å². The lowest BCUT2D eigenvalue weighted by atomic mass is 10.2. The van der Waals surface area contributed by atoms with Crippen molar-refractivity contribution in [3.8, 4) is 6.01 Å². The Labute approximate surface area is 108 Å². The summed E-state index contributed by atoms with van der Waals surface area (Å²) in [6.07, 6.45) is 1.84. The Morgan fingerprint density at radius 2 is 2.37 bits per heavy atom. The van der Waals surface area contributed by atoms with E-state index in [4.69, 9.17) is 14.6 Å². The molecule has 8 nitrogen and oxygen atoms in total. The van der Waals surface area contributed by atoms with Crippen LogP contribution in [0.15, 0.2) is 12.5 Å². The second-order valence-electron chi connectivity index (χ2n) is 4.33. The summed E-state index contributed by atoms with van der Waals surface area (Å²) in [4.78, 5) is 12.4. The largest absolute Gasteiger partial charge is 0.467 e. The average Bonchev–Trinajstić information content (AvgIpc) is 3.00. The maximum Gasteiger partial charge on any atom is 0.318 e. The van der Waals surface area contributed by atoms with Crippen molar-refractivity contribution < 1.29 is 19.7 Å². The third kappa shape index (κ3) is 2.03. The van der Waals surface area contributed by atoms with Crippen molar-refractivity contribution in [1.29, 1.82) is 0 Å².